The number of hydrogen-bond donors (Lipinski definition) is 2. The first kappa shape index (κ1) is 25.1. The standard InChI is InChI=1S/C24H24F2N6O4/c1-31-23(34)20-22(32(24(31)35)14-15-3-8-18(25)19(26)13-15)30-29-21(28-20)16-4-6-17(7-5-16)36-12-2-9-27-10-11-33/h3-8,13,27,33H,2,9-12,14H2,1H3. The molecule has 0 radical (unpaired) electrons. The Morgan fingerprint density at radius 1 is 1.03 bits per heavy atom. The Labute approximate surface area is 203 Å². The zero-order chi connectivity index (χ0) is 25.7. The molecule has 2 heterocycles. The highest BCUT2D eigenvalue weighted by Gasteiger charge is 2.17. The van der Waals surface area contributed by atoms with Crippen LogP contribution in [-0.2, 0) is 13.6 Å². The molecular weight excluding hydrogens is 474 g/mol. The van der Waals surface area contributed by atoms with Gasteiger partial charge < -0.3 is 15.2 Å². The van der Waals surface area contributed by atoms with Gasteiger partial charge in [0.1, 0.15) is 5.75 Å². The van der Waals surface area contributed by atoms with E-state index in [9.17, 15) is 18.4 Å². The Kier molecular flexibility index (Phi) is 7.76. The number of aliphatic hydroxyl groups excluding tert-OH is 1. The third-order valence-electron chi connectivity index (χ3n) is 5.44. The van der Waals surface area contributed by atoms with E-state index in [-0.39, 0.29) is 30.1 Å². The quantitative estimate of drug-likeness (QED) is 0.313. The molecule has 0 saturated carbocycles. The summed E-state index contributed by atoms with van der Waals surface area (Å²) in [5.41, 5.74) is -0.591. The fraction of sp³-hybridized carbons (Fsp3) is 0.292. The largest absolute Gasteiger partial charge is 0.494 e. The van der Waals surface area contributed by atoms with Gasteiger partial charge in [0.2, 0.25) is 0 Å². The summed E-state index contributed by atoms with van der Waals surface area (Å²) in [6.07, 6.45) is 0.773. The summed E-state index contributed by atoms with van der Waals surface area (Å²) in [7, 11) is 1.30. The molecule has 0 spiro atoms. The zero-order valence-electron chi connectivity index (χ0n) is 19.4. The monoisotopic (exact) mass is 498 g/mol. The van der Waals surface area contributed by atoms with Gasteiger partial charge in [-0.2, -0.15) is 0 Å². The molecule has 2 aromatic carbocycles. The van der Waals surface area contributed by atoms with Crippen molar-refractivity contribution < 1.29 is 18.6 Å². The minimum atomic E-state index is -1.05. The minimum Gasteiger partial charge on any atom is -0.494 e. The number of benzene rings is 2. The normalized spacial score (nSPS) is 11.2. The van der Waals surface area contributed by atoms with Gasteiger partial charge in [-0.05, 0) is 54.9 Å². The summed E-state index contributed by atoms with van der Waals surface area (Å²) in [5.74, 6) is -1.23. The molecule has 0 aliphatic carbocycles. The summed E-state index contributed by atoms with van der Waals surface area (Å²) < 4.78 is 34.7. The molecular formula is C24H24F2N6O4. The third-order valence-corrected chi connectivity index (χ3v) is 5.44. The van der Waals surface area contributed by atoms with Crippen LogP contribution in [0.25, 0.3) is 22.6 Å². The van der Waals surface area contributed by atoms with E-state index < -0.39 is 22.9 Å². The van der Waals surface area contributed by atoms with Gasteiger partial charge in [-0.15, -0.1) is 10.2 Å². The highest BCUT2D eigenvalue weighted by molar-refractivity contribution is 5.71. The SMILES string of the molecule is Cn1c(=O)c2nc(-c3ccc(OCCCNCCO)cc3)nnc2n(Cc2ccc(F)c(F)c2)c1=O. The predicted molar refractivity (Wildman–Crippen MR) is 128 cm³/mol. The van der Waals surface area contributed by atoms with Gasteiger partial charge >= 0.3 is 5.69 Å². The second-order valence-electron chi connectivity index (χ2n) is 7.99. The van der Waals surface area contributed by atoms with Gasteiger partial charge in [0.25, 0.3) is 5.56 Å². The summed E-state index contributed by atoms with van der Waals surface area (Å²) in [6, 6.07) is 10.2. The Bertz CT molecular complexity index is 1490. The maximum absolute atomic E-state index is 13.7. The molecule has 0 aliphatic heterocycles. The van der Waals surface area contributed by atoms with Crippen molar-refractivity contribution in [2.45, 2.75) is 13.0 Å². The van der Waals surface area contributed by atoms with Crippen LogP contribution in [0.1, 0.15) is 12.0 Å². The summed E-state index contributed by atoms with van der Waals surface area (Å²) in [6.45, 7) is 1.70. The first-order valence-corrected chi connectivity index (χ1v) is 11.2. The van der Waals surface area contributed by atoms with Crippen LogP contribution in [0.2, 0.25) is 0 Å². The second-order valence-corrected chi connectivity index (χ2v) is 7.99. The molecule has 36 heavy (non-hydrogen) atoms. The molecule has 188 valence electrons. The number of halogens is 2. The predicted octanol–water partition coefficient (Wildman–Crippen LogP) is 1.23. The third kappa shape index (κ3) is 5.44. The molecule has 10 nitrogen and oxygen atoms in total. The first-order chi connectivity index (χ1) is 17.4. The smallest absolute Gasteiger partial charge is 0.332 e. The van der Waals surface area contributed by atoms with Crippen LogP contribution in [0.15, 0.2) is 52.1 Å². The lowest BCUT2D eigenvalue weighted by molar-refractivity contribution is 0.282. The zero-order valence-corrected chi connectivity index (χ0v) is 19.4. The summed E-state index contributed by atoms with van der Waals surface area (Å²) >= 11 is 0. The second kappa shape index (κ2) is 11.1. The average Bonchev–Trinajstić information content (AvgIpc) is 2.89. The molecule has 12 heteroatoms. The van der Waals surface area contributed by atoms with Gasteiger partial charge in [-0.3, -0.25) is 13.9 Å². The van der Waals surface area contributed by atoms with Crippen molar-refractivity contribution in [1.29, 1.82) is 0 Å². The number of aromatic nitrogens is 5. The highest BCUT2D eigenvalue weighted by Crippen LogP contribution is 2.20. The minimum absolute atomic E-state index is 0.0636. The molecule has 2 aromatic heterocycles. The molecule has 0 amide bonds. The van der Waals surface area contributed by atoms with E-state index in [1.807, 2.05) is 0 Å². The van der Waals surface area contributed by atoms with Gasteiger partial charge in [-0.1, -0.05) is 6.07 Å². The lowest BCUT2D eigenvalue weighted by atomic mass is 10.2. The van der Waals surface area contributed by atoms with Crippen LogP contribution in [0.5, 0.6) is 5.75 Å². The van der Waals surface area contributed by atoms with E-state index in [4.69, 9.17) is 9.84 Å². The van der Waals surface area contributed by atoms with Crippen LogP contribution in [-0.4, -0.2) is 55.7 Å². The van der Waals surface area contributed by atoms with E-state index in [1.165, 1.54) is 13.1 Å². The van der Waals surface area contributed by atoms with Crippen molar-refractivity contribution in [3.05, 3.63) is 80.5 Å². The van der Waals surface area contributed by atoms with Gasteiger partial charge in [0.05, 0.1) is 19.8 Å². The van der Waals surface area contributed by atoms with E-state index in [1.54, 1.807) is 24.3 Å². The highest BCUT2D eigenvalue weighted by atomic mass is 19.2. The Morgan fingerprint density at radius 3 is 2.53 bits per heavy atom. The maximum Gasteiger partial charge on any atom is 0.332 e. The van der Waals surface area contributed by atoms with Gasteiger partial charge in [0.15, 0.2) is 28.6 Å². The molecule has 4 aromatic rings. The molecule has 0 saturated heterocycles. The van der Waals surface area contributed by atoms with Crippen molar-refractivity contribution in [2.24, 2.45) is 7.05 Å². The Morgan fingerprint density at radius 2 is 1.81 bits per heavy atom. The van der Waals surface area contributed by atoms with E-state index >= 15 is 0 Å². The summed E-state index contributed by atoms with van der Waals surface area (Å²) in [4.78, 5) is 29.9. The van der Waals surface area contributed by atoms with Crippen molar-refractivity contribution in [1.82, 2.24) is 29.6 Å². The average molecular weight is 498 g/mol. The lowest BCUT2D eigenvalue weighted by Gasteiger charge is -2.11. The van der Waals surface area contributed by atoms with Crippen molar-refractivity contribution >= 4 is 11.2 Å². The van der Waals surface area contributed by atoms with Gasteiger partial charge in [0, 0.05) is 19.2 Å². The molecule has 0 fully saturated rings. The number of aliphatic hydroxyl groups is 1. The molecule has 0 atom stereocenters. The van der Waals surface area contributed by atoms with Crippen LogP contribution in [0.3, 0.4) is 0 Å². The molecule has 0 unspecified atom stereocenters. The van der Waals surface area contributed by atoms with Crippen LogP contribution in [0, 0.1) is 11.6 Å². The van der Waals surface area contributed by atoms with Crippen molar-refractivity contribution in [3.8, 4) is 17.1 Å². The number of fused-ring (bicyclic) bond motifs is 1. The van der Waals surface area contributed by atoms with Crippen LogP contribution in [0.4, 0.5) is 8.78 Å². The van der Waals surface area contributed by atoms with Gasteiger partial charge in [-0.25, -0.2) is 18.6 Å². The van der Waals surface area contributed by atoms with E-state index in [0.29, 0.717) is 30.0 Å². The fourth-order valence-corrected chi connectivity index (χ4v) is 3.54. The van der Waals surface area contributed by atoms with Crippen LogP contribution >= 0.6 is 0 Å². The molecule has 0 bridgehead atoms. The maximum atomic E-state index is 13.7. The lowest BCUT2D eigenvalue weighted by Crippen LogP contribution is -2.39. The Balaban J connectivity index is 1.59. The van der Waals surface area contributed by atoms with E-state index in [2.05, 4.69) is 20.5 Å². The fourth-order valence-electron chi connectivity index (χ4n) is 3.54. The Hall–Kier alpha value is -4.03. The number of nitrogens with zero attached hydrogens (tertiary/aromatic N) is 5. The number of ether oxygens (including phenoxy) is 1. The van der Waals surface area contributed by atoms with Crippen molar-refractivity contribution in [2.75, 3.05) is 26.3 Å². The van der Waals surface area contributed by atoms with E-state index in [0.717, 1.165) is 34.2 Å². The number of hydrogen-bond acceptors (Lipinski definition) is 8. The number of rotatable bonds is 10. The summed E-state index contributed by atoms with van der Waals surface area (Å²) in [5, 5.41) is 20.0. The molecule has 0 aliphatic rings. The van der Waals surface area contributed by atoms with Crippen molar-refractivity contribution in [3.63, 3.8) is 0 Å². The topological polar surface area (TPSA) is 124 Å². The van der Waals surface area contributed by atoms with Crippen LogP contribution < -0.4 is 21.3 Å². The molecule has 4 rings (SSSR count). The first-order valence-electron chi connectivity index (χ1n) is 11.2. The number of nitrogens with one attached hydrogen (secondary N) is 1. The molecule has 2 N–H and O–H groups in total.